The molecule has 0 bridgehead atoms. The topological polar surface area (TPSA) is 40.3 Å². The summed E-state index contributed by atoms with van der Waals surface area (Å²) in [5.74, 6) is 0.912. The largest absolute Gasteiger partial charge is 0.456 e. The van der Waals surface area contributed by atoms with Crippen LogP contribution in [0.1, 0.15) is 0 Å². The highest BCUT2D eigenvalue weighted by Crippen LogP contribution is 2.38. The Labute approximate surface area is 274 Å². The molecule has 0 N–H and O–H groups in total. The van der Waals surface area contributed by atoms with Crippen molar-refractivity contribution < 1.29 is 4.42 Å². The second kappa shape index (κ2) is 9.47. The van der Waals surface area contributed by atoms with Gasteiger partial charge in [0.05, 0.1) is 33.1 Å². The lowest BCUT2D eigenvalue weighted by Crippen LogP contribution is -1.94. The van der Waals surface area contributed by atoms with Crippen LogP contribution < -0.4 is 0 Å². The van der Waals surface area contributed by atoms with Crippen molar-refractivity contribution in [2.24, 2.45) is 0 Å². The van der Waals surface area contributed by atoms with Gasteiger partial charge in [0.1, 0.15) is 11.2 Å². The highest BCUT2D eigenvalue weighted by atomic mass is 16.3. The minimum absolute atomic E-state index is 0.902. The summed E-state index contributed by atoms with van der Waals surface area (Å²) in [7, 11) is 0. The number of aromatic nitrogens is 4. The SMILES string of the molecule is c1ccc(-n2c3ccc(-c4ccc5c(c4)c4ccccc4n5-c4ccc5oc6ccccc6c5c4)cc3n3c4ccccc4nc23)cc1. The predicted molar refractivity (Wildman–Crippen MR) is 197 cm³/mol. The van der Waals surface area contributed by atoms with E-state index in [1.165, 1.54) is 27.4 Å². The van der Waals surface area contributed by atoms with Gasteiger partial charge in [-0.1, -0.05) is 78.9 Å². The number of benzene rings is 7. The summed E-state index contributed by atoms with van der Waals surface area (Å²) in [6.45, 7) is 0. The van der Waals surface area contributed by atoms with E-state index in [2.05, 4.69) is 159 Å². The van der Waals surface area contributed by atoms with Crippen LogP contribution in [0.5, 0.6) is 0 Å². The average Bonchev–Trinajstić information content (AvgIpc) is 3.88. The molecule has 0 spiro atoms. The van der Waals surface area contributed by atoms with Gasteiger partial charge in [0.2, 0.25) is 5.78 Å². The molecular weight excluding hydrogens is 589 g/mol. The zero-order chi connectivity index (χ0) is 31.3. The van der Waals surface area contributed by atoms with Crippen molar-refractivity contribution in [2.75, 3.05) is 0 Å². The zero-order valence-electron chi connectivity index (χ0n) is 25.7. The number of nitrogens with zero attached hydrogens (tertiary/aromatic N) is 4. The first kappa shape index (κ1) is 25.6. The molecule has 224 valence electrons. The van der Waals surface area contributed by atoms with Crippen LogP contribution >= 0.6 is 0 Å². The third-order valence-electron chi connectivity index (χ3n) is 9.84. The van der Waals surface area contributed by atoms with Crippen molar-refractivity contribution >= 4 is 71.6 Å². The predicted octanol–water partition coefficient (Wildman–Crippen LogP) is 11.1. The molecule has 11 aromatic rings. The fraction of sp³-hybridized carbons (Fsp3) is 0. The Morgan fingerprint density at radius 2 is 1.08 bits per heavy atom. The van der Waals surface area contributed by atoms with E-state index >= 15 is 0 Å². The fourth-order valence-electron chi connectivity index (χ4n) is 7.70. The first-order chi connectivity index (χ1) is 23.8. The number of fused-ring (bicyclic) bond motifs is 11. The smallest absolute Gasteiger partial charge is 0.220 e. The number of para-hydroxylation sites is 5. The maximum absolute atomic E-state index is 6.15. The summed E-state index contributed by atoms with van der Waals surface area (Å²) in [4.78, 5) is 5.09. The van der Waals surface area contributed by atoms with Gasteiger partial charge in [-0.05, 0) is 90.0 Å². The first-order valence-corrected chi connectivity index (χ1v) is 16.2. The minimum Gasteiger partial charge on any atom is -0.456 e. The fourth-order valence-corrected chi connectivity index (χ4v) is 7.70. The molecule has 0 atom stereocenters. The molecule has 0 saturated heterocycles. The Bertz CT molecular complexity index is 3060. The number of imidazole rings is 2. The molecule has 0 radical (unpaired) electrons. The molecule has 5 heteroatoms. The van der Waals surface area contributed by atoms with E-state index in [-0.39, 0.29) is 0 Å². The molecule has 11 rings (SSSR count). The second-order valence-corrected chi connectivity index (χ2v) is 12.5. The standard InChI is InChI=1S/C43H26N4O/c1-2-10-29(11-3-1)46-39-22-19-28(25-40(39)47-38-16-8-6-14-35(38)44-43(46)47)27-18-21-37-33(24-27)31-12-4-7-15-36(31)45(37)30-20-23-42-34(26-30)32-13-5-9-17-41(32)48-42/h1-26H. The third-order valence-corrected chi connectivity index (χ3v) is 9.84. The zero-order valence-corrected chi connectivity index (χ0v) is 25.7. The van der Waals surface area contributed by atoms with Gasteiger partial charge in [-0.3, -0.25) is 8.97 Å². The van der Waals surface area contributed by atoms with E-state index in [1.54, 1.807) is 0 Å². The number of hydrogen-bond acceptors (Lipinski definition) is 2. The van der Waals surface area contributed by atoms with Crippen LogP contribution in [-0.4, -0.2) is 18.5 Å². The summed E-state index contributed by atoms with van der Waals surface area (Å²) in [5, 5.41) is 4.71. The monoisotopic (exact) mass is 614 g/mol. The van der Waals surface area contributed by atoms with E-state index < -0.39 is 0 Å². The first-order valence-electron chi connectivity index (χ1n) is 16.2. The lowest BCUT2D eigenvalue weighted by molar-refractivity contribution is 0.669. The van der Waals surface area contributed by atoms with Crippen molar-refractivity contribution in [1.29, 1.82) is 0 Å². The van der Waals surface area contributed by atoms with Crippen molar-refractivity contribution in [2.45, 2.75) is 0 Å². The number of hydrogen-bond donors (Lipinski definition) is 0. The van der Waals surface area contributed by atoms with Gasteiger partial charge in [0.15, 0.2) is 0 Å². The molecule has 0 aliphatic rings. The molecule has 0 saturated carbocycles. The molecule has 0 unspecified atom stereocenters. The normalized spacial score (nSPS) is 12.2. The van der Waals surface area contributed by atoms with Crippen molar-refractivity contribution in [3.63, 3.8) is 0 Å². The molecule has 7 aromatic carbocycles. The van der Waals surface area contributed by atoms with Crippen LogP contribution in [0.3, 0.4) is 0 Å². The number of rotatable bonds is 3. The molecule has 5 nitrogen and oxygen atoms in total. The summed E-state index contributed by atoms with van der Waals surface area (Å²) in [6.07, 6.45) is 0. The highest BCUT2D eigenvalue weighted by Gasteiger charge is 2.19. The Morgan fingerprint density at radius 1 is 0.396 bits per heavy atom. The van der Waals surface area contributed by atoms with Gasteiger partial charge >= 0.3 is 0 Å². The Balaban J connectivity index is 1.14. The van der Waals surface area contributed by atoms with Crippen molar-refractivity contribution in [3.05, 3.63) is 158 Å². The molecule has 48 heavy (non-hydrogen) atoms. The van der Waals surface area contributed by atoms with Gasteiger partial charge in [-0.2, -0.15) is 0 Å². The quantitative estimate of drug-likeness (QED) is 0.199. The Morgan fingerprint density at radius 3 is 1.98 bits per heavy atom. The Kier molecular flexibility index (Phi) is 5.05. The maximum atomic E-state index is 6.15. The number of furan rings is 1. The molecule has 4 aromatic heterocycles. The molecular formula is C43H26N4O. The molecule has 0 aliphatic carbocycles. The Hall–Kier alpha value is -6.59. The minimum atomic E-state index is 0.902. The van der Waals surface area contributed by atoms with Crippen LogP contribution in [0, 0.1) is 0 Å². The van der Waals surface area contributed by atoms with Crippen LogP contribution in [0.15, 0.2) is 162 Å². The second-order valence-electron chi connectivity index (χ2n) is 12.5. The van der Waals surface area contributed by atoms with Gasteiger partial charge in [0, 0.05) is 32.9 Å². The van der Waals surface area contributed by atoms with Crippen LogP contribution in [0.25, 0.3) is 94.1 Å². The van der Waals surface area contributed by atoms with Gasteiger partial charge in [-0.15, -0.1) is 0 Å². The van der Waals surface area contributed by atoms with Crippen molar-refractivity contribution in [3.8, 4) is 22.5 Å². The lowest BCUT2D eigenvalue weighted by Gasteiger charge is -2.09. The third kappa shape index (κ3) is 3.47. The van der Waals surface area contributed by atoms with E-state index in [1.807, 2.05) is 12.1 Å². The van der Waals surface area contributed by atoms with Gasteiger partial charge in [-0.25, -0.2) is 4.98 Å². The van der Waals surface area contributed by atoms with Gasteiger partial charge in [0.25, 0.3) is 0 Å². The summed E-state index contributed by atoms with van der Waals surface area (Å²) in [6, 6.07) is 56.0. The van der Waals surface area contributed by atoms with Crippen LogP contribution in [0.2, 0.25) is 0 Å². The summed E-state index contributed by atoms with van der Waals surface area (Å²) in [5.41, 5.74) is 13.1. The lowest BCUT2D eigenvalue weighted by atomic mass is 10.0. The average molecular weight is 615 g/mol. The molecule has 0 amide bonds. The van der Waals surface area contributed by atoms with Gasteiger partial charge < -0.3 is 8.98 Å². The summed E-state index contributed by atoms with van der Waals surface area (Å²) < 4.78 is 13.1. The van der Waals surface area contributed by atoms with E-state index in [0.29, 0.717) is 0 Å². The highest BCUT2D eigenvalue weighted by molar-refractivity contribution is 6.11. The summed E-state index contributed by atoms with van der Waals surface area (Å²) >= 11 is 0. The molecule has 4 heterocycles. The molecule has 0 aliphatic heterocycles. The molecule has 0 fully saturated rings. The van der Waals surface area contributed by atoms with E-state index in [4.69, 9.17) is 9.40 Å². The van der Waals surface area contributed by atoms with Crippen LogP contribution in [0.4, 0.5) is 0 Å². The maximum Gasteiger partial charge on any atom is 0.220 e. The van der Waals surface area contributed by atoms with E-state index in [0.717, 1.165) is 66.7 Å². The van der Waals surface area contributed by atoms with E-state index in [9.17, 15) is 0 Å². The van der Waals surface area contributed by atoms with Crippen molar-refractivity contribution in [1.82, 2.24) is 18.5 Å². The van der Waals surface area contributed by atoms with Crippen LogP contribution in [-0.2, 0) is 0 Å².